The van der Waals surface area contributed by atoms with Gasteiger partial charge in [-0.1, -0.05) is 0 Å². The van der Waals surface area contributed by atoms with E-state index < -0.39 is 30.0 Å². The summed E-state index contributed by atoms with van der Waals surface area (Å²) >= 11 is 0. The molecule has 0 aliphatic carbocycles. The van der Waals surface area contributed by atoms with Crippen molar-refractivity contribution in [2.45, 2.75) is 33.7 Å². The van der Waals surface area contributed by atoms with Crippen LogP contribution in [0.3, 0.4) is 0 Å². The van der Waals surface area contributed by atoms with Crippen LogP contribution in [0.2, 0.25) is 0 Å². The Hall–Kier alpha value is -2.32. The number of Topliss-reactive ketones (excluding diaryl/α,β-unsaturated/α-hetero) is 1. The molecule has 0 saturated carbocycles. The van der Waals surface area contributed by atoms with Crippen molar-refractivity contribution >= 4 is 23.9 Å². The molecule has 0 aliphatic rings. The molecule has 0 bridgehead atoms. The Morgan fingerprint density at radius 1 is 0.952 bits per heavy atom. The SMILES string of the molecule is CCOC(=O)NN(C(=O)OCC)[C@@H](C(C)=O)C(=O)OCC. The lowest BCUT2D eigenvalue weighted by Gasteiger charge is -2.27. The van der Waals surface area contributed by atoms with E-state index in [-0.39, 0.29) is 19.8 Å². The van der Waals surface area contributed by atoms with Gasteiger partial charge >= 0.3 is 18.2 Å². The van der Waals surface area contributed by atoms with E-state index in [0.29, 0.717) is 5.01 Å². The highest BCUT2D eigenvalue weighted by Crippen LogP contribution is 2.05. The van der Waals surface area contributed by atoms with Crippen LogP contribution in [-0.4, -0.2) is 54.8 Å². The molecule has 0 unspecified atom stereocenters. The first-order valence-corrected chi connectivity index (χ1v) is 6.45. The molecule has 0 radical (unpaired) electrons. The van der Waals surface area contributed by atoms with Crippen LogP contribution in [-0.2, 0) is 23.8 Å². The molecule has 0 aromatic heterocycles. The summed E-state index contributed by atoms with van der Waals surface area (Å²) in [7, 11) is 0. The lowest BCUT2D eigenvalue weighted by atomic mass is 10.2. The van der Waals surface area contributed by atoms with E-state index in [1.807, 2.05) is 5.43 Å². The number of esters is 1. The summed E-state index contributed by atoms with van der Waals surface area (Å²) in [6.07, 6.45) is -2.07. The molecular formula is C12H20N2O7. The Kier molecular flexibility index (Phi) is 8.51. The topological polar surface area (TPSA) is 111 Å². The highest BCUT2D eigenvalue weighted by atomic mass is 16.6. The second-order valence-corrected chi connectivity index (χ2v) is 3.67. The van der Waals surface area contributed by atoms with E-state index in [1.165, 1.54) is 6.92 Å². The molecule has 0 saturated heterocycles. The Morgan fingerprint density at radius 3 is 1.90 bits per heavy atom. The van der Waals surface area contributed by atoms with E-state index in [4.69, 9.17) is 9.47 Å². The van der Waals surface area contributed by atoms with Crippen LogP contribution < -0.4 is 5.43 Å². The number of amides is 2. The molecule has 9 heteroatoms. The molecule has 0 aromatic carbocycles. The first-order valence-electron chi connectivity index (χ1n) is 6.45. The maximum absolute atomic E-state index is 11.8. The predicted molar refractivity (Wildman–Crippen MR) is 70.1 cm³/mol. The fourth-order valence-electron chi connectivity index (χ4n) is 1.34. The third kappa shape index (κ3) is 6.11. The number of nitrogens with one attached hydrogen (secondary N) is 1. The van der Waals surface area contributed by atoms with E-state index in [0.717, 1.165) is 6.92 Å². The summed E-state index contributed by atoms with van der Waals surface area (Å²) in [5, 5.41) is 0.460. The molecule has 0 heterocycles. The van der Waals surface area contributed by atoms with Crippen molar-refractivity contribution < 1.29 is 33.4 Å². The quantitative estimate of drug-likeness (QED) is 0.331. The third-order valence-corrected chi connectivity index (χ3v) is 2.10. The zero-order valence-electron chi connectivity index (χ0n) is 12.5. The van der Waals surface area contributed by atoms with Gasteiger partial charge in [-0.25, -0.2) is 19.8 Å². The number of ether oxygens (including phenoxy) is 3. The van der Waals surface area contributed by atoms with Crippen LogP contribution in [0.15, 0.2) is 0 Å². The zero-order valence-corrected chi connectivity index (χ0v) is 12.5. The first kappa shape index (κ1) is 18.7. The number of ketones is 1. The normalized spacial score (nSPS) is 11.0. The Morgan fingerprint density at radius 2 is 1.48 bits per heavy atom. The van der Waals surface area contributed by atoms with Gasteiger partial charge < -0.3 is 14.2 Å². The summed E-state index contributed by atoms with van der Waals surface area (Å²) in [5.74, 6) is -1.67. The maximum atomic E-state index is 11.8. The summed E-state index contributed by atoms with van der Waals surface area (Å²) < 4.78 is 14.0. The van der Waals surface area contributed by atoms with E-state index >= 15 is 0 Å². The molecule has 0 aromatic rings. The van der Waals surface area contributed by atoms with Gasteiger partial charge in [-0.3, -0.25) is 4.79 Å². The van der Waals surface area contributed by atoms with Crippen molar-refractivity contribution in [1.82, 2.24) is 10.4 Å². The second kappa shape index (κ2) is 9.56. The summed E-state index contributed by atoms with van der Waals surface area (Å²) in [4.78, 5) is 46.6. The van der Waals surface area contributed by atoms with Gasteiger partial charge in [-0.15, -0.1) is 0 Å². The van der Waals surface area contributed by atoms with Gasteiger partial charge in [0.05, 0.1) is 19.8 Å². The van der Waals surface area contributed by atoms with E-state index in [9.17, 15) is 19.2 Å². The van der Waals surface area contributed by atoms with Crippen LogP contribution in [0, 0.1) is 0 Å². The van der Waals surface area contributed by atoms with Crippen LogP contribution in [0.1, 0.15) is 27.7 Å². The maximum Gasteiger partial charge on any atom is 0.430 e. The standard InChI is InChI=1S/C12H20N2O7/c1-5-19-10(16)9(8(4)15)14(12(18)21-7-3)13-11(17)20-6-2/h9H,5-7H2,1-4H3,(H,13,17)/t9-/m0/s1. The molecule has 1 N–H and O–H groups in total. The number of hydrogen-bond acceptors (Lipinski definition) is 7. The van der Waals surface area contributed by atoms with Crippen LogP contribution >= 0.6 is 0 Å². The summed E-state index contributed by atoms with van der Waals surface area (Å²) in [6.45, 7) is 5.78. The number of nitrogens with zero attached hydrogens (tertiary/aromatic N) is 1. The summed E-state index contributed by atoms with van der Waals surface area (Å²) in [5.41, 5.74) is 2.00. The largest absolute Gasteiger partial charge is 0.464 e. The van der Waals surface area contributed by atoms with Gasteiger partial charge in [0.15, 0.2) is 5.78 Å². The molecule has 9 nitrogen and oxygen atoms in total. The molecule has 2 amide bonds. The van der Waals surface area contributed by atoms with Gasteiger partial charge in [0.2, 0.25) is 6.04 Å². The number of rotatable bonds is 6. The Bertz CT molecular complexity index is 397. The highest BCUT2D eigenvalue weighted by molar-refractivity contribution is 6.04. The van der Waals surface area contributed by atoms with Gasteiger partial charge in [0.25, 0.3) is 0 Å². The molecular weight excluding hydrogens is 284 g/mol. The number of hydrogen-bond donors (Lipinski definition) is 1. The van der Waals surface area contributed by atoms with Crippen molar-refractivity contribution in [3.63, 3.8) is 0 Å². The van der Waals surface area contributed by atoms with Crippen molar-refractivity contribution in [3.8, 4) is 0 Å². The average molecular weight is 304 g/mol. The molecule has 0 fully saturated rings. The fourth-order valence-corrected chi connectivity index (χ4v) is 1.34. The minimum absolute atomic E-state index is 0.00666. The van der Waals surface area contributed by atoms with E-state index in [2.05, 4.69) is 4.74 Å². The molecule has 0 spiro atoms. The molecule has 21 heavy (non-hydrogen) atoms. The fraction of sp³-hybridized carbons (Fsp3) is 0.667. The third-order valence-electron chi connectivity index (χ3n) is 2.10. The molecule has 0 rings (SSSR count). The van der Waals surface area contributed by atoms with Gasteiger partial charge in [-0.05, 0) is 27.7 Å². The average Bonchev–Trinajstić information content (AvgIpc) is 2.38. The highest BCUT2D eigenvalue weighted by Gasteiger charge is 2.37. The molecule has 0 aliphatic heterocycles. The van der Waals surface area contributed by atoms with Gasteiger partial charge in [-0.2, -0.15) is 5.01 Å². The minimum Gasteiger partial charge on any atom is -0.464 e. The Balaban J connectivity index is 5.28. The number of carbonyl (C=O) groups is 4. The number of hydrazine groups is 1. The van der Waals surface area contributed by atoms with Crippen LogP contribution in [0.4, 0.5) is 9.59 Å². The lowest BCUT2D eigenvalue weighted by molar-refractivity contribution is -0.153. The predicted octanol–water partition coefficient (Wildman–Crippen LogP) is 0.627. The monoisotopic (exact) mass is 304 g/mol. The summed E-state index contributed by atoms with van der Waals surface area (Å²) in [6, 6.07) is -1.64. The van der Waals surface area contributed by atoms with E-state index in [1.54, 1.807) is 13.8 Å². The van der Waals surface area contributed by atoms with Crippen LogP contribution in [0.25, 0.3) is 0 Å². The van der Waals surface area contributed by atoms with Crippen molar-refractivity contribution in [2.75, 3.05) is 19.8 Å². The zero-order chi connectivity index (χ0) is 16.4. The molecule has 1 atom stereocenters. The van der Waals surface area contributed by atoms with Crippen molar-refractivity contribution in [2.24, 2.45) is 0 Å². The molecule has 120 valence electrons. The second-order valence-electron chi connectivity index (χ2n) is 3.67. The van der Waals surface area contributed by atoms with Crippen molar-refractivity contribution in [1.29, 1.82) is 0 Å². The minimum atomic E-state index is -1.64. The van der Waals surface area contributed by atoms with Gasteiger partial charge in [0.1, 0.15) is 0 Å². The Labute approximate surface area is 122 Å². The van der Waals surface area contributed by atoms with Gasteiger partial charge in [0, 0.05) is 0 Å². The lowest BCUT2D eigenvalue weighted by Crippen LogP contribution is -2.58. The first-order chi connectivity index (χ1) is 9.88. The number of carbonyl (C=O) groups excluding carboxylic acids is 4. The van der Waals surface area contributed by atoms with Crippen molar-refractivity contribution in [3.05, 3.63) is 0 Å². The van der Waals surface area contributed by atoms with Crippen LogP contribution in [0.5, 0.6) is 0 Å². The smallest absolute Gasteiger partial charge is 0.430 e.